The summed E-state index contributed by atoms with van der Waals surface area (Å²) in [6, 6.07) is 4.99. The Morgan fingerprint density at radius 2 is 2.54 bits per heavy atom. The maximum atomic E-state index is 10.9. The van der Waals surface area contributed by atoms with Gasteiger partial charge in [-0.05, 0) is 12.1 Å². The molecule has 0 unspecified atom stereocenters. The summed E-state index contributed by atoms with van der Waals surface area (Å²) >= 11 is 5.66. The van der Waals surface area contributed by atoms with Gasteiger partial charge in [-0.2, -0.15) is 5.26 Å². The number of anilines is 1. The molecule has 4 nitrogen and oxygen atoms in total. The van der Waals surface area contributed by atoms with Gasteiger partial charge in [0.15, 0.2) is 5.15 Å². The average molecular weight is 196 g/mol. The Kier molecular flexibility index (Phi) is 3.23. The van der Waals surface area contributed by atoms with E-state index < -0.39 is 5.91 Å². The van der Waals surface area contributed by atoms with Gasteiger partial charge in [0.1, 0.15) is 6.42 Å². The minimum absolute atomic E-state index is 0.189. The van der Waals surface area contributed by atoms with Crippen LogP contribution in [-0.2, 0) is 4.79 Å². The summed E-state index contributed by atoms with van der Waals surface area (Å²) in [6.07, 6.45) is 1.33. The van der Waals surface area contributed by atoms with Gasteiger partial charge in [-0.3, -0.25) is 4.79 Å². The van der Waals surface area contributed by atoms with Crippen LogP contribution < -0.4 is 5.32 Å². The van der Waals surface area contributed by atoms with Gasteiger partial charge in [0.05, 0.1) is 11.8 Å². The third-order valence-electron chi connectivity index (χ3n) is 1.27. The van der Waals surface area contributed by atoms with Crippen LogP contribution in [0.3, 0.4) is 0 Å². The number of carbonyl (C=O) groups excluding carboxylic acids is 1. The first-order valence-electron chi connectivity index (χ1n) is 3.51. The fourth-order valence-corrected chi connectivity index (χ4v) is 0.912. The molecule has 1 aromatic heterocycles. The molecule has 0 aliphatic rings. The number of aromatic nitrogens is 1. The Hall–Kier alpha value is -1.60. The zero-order valence-corrected chi connectivity index (χ0v) is 7.38. The number of rotatable bonds is 2. The van der Waals surface area contributed by atoms with Crippen LogP contribution in [0.15, 0.2) is 18.3 Å². The van der Waals surface area contributed by atoms with Crippen LogP contribution in [0.5, 0.6) is 0 Å². The normalized spacial score (nSPS) is 8.92. The maximum Gasteiger partial charge on any atom is 0.238 e. The first kappa shape index (κ1) is 9.49. The zero-order valence-electron chi connectivity index (χ0n) is 6.62. The molecule has 0 aliphatic carbocycles. The summed E-state index contributed by atoms with van der Waals surface area (Å²) < 4.78 is 0. The van der Waals surface area contributed by atoms with Gasteiger partial charge < -0.3 is 5.32 Å². The van der Waals surface area contributed by atoms with E-state index >= 15 is 0 Å². The minimum Gasteiger partial charge on any atom is -0.323 e. The number of nitriles is 1. The number of nitrogens with zero attached hydrogens (tertiary/aromatic N) is 2. The van der Waals surface area contributed by atoms with Gasteiger partial charge in [0.2, 0.25) is 5.91 Å². The molecule has 0 saturated carbocycles. The summed E-state index contributed by atoms with van der Waals surface area (Å²) in [5.41, 5.74) is 0.421. The highest BCUT2D eigenvalue weighted by molar-refractivity contribution is 6.32. The Balaban J connectivity index is 2.70. The van der Waals surface area contributed by atoms with E-state index in [1.54, 1.807) is 18.2 Å². The van der Waals surface area contributed by atoms with Gasteiger partial charge in [0.25, 0.3) is 0 Å². The topological polar surface area (TPSA) is 65.8 Å². The van der Waals surface area contributed by atoms with Crippen LogP contribution in [0.4, 0.5) is 5.69 Å². The van der Waals surface area contributed by atoms with Crippen LogP contribution in [0.1, 0.15) is 6.42 Å². The largest absolute Gasteiger partial charge is 0.323 e. The predicted octanol–water partition coefficient (Wildman–Crippen LogP) is 1.59. The molecule has 0 radical (unpaired) electrons. The van der Waals surface area contributed by atoms with Crippen molar-refractivity contribution < 1.29 is 4.79 Å². The lowest BCUT2D eigenvalue weighted by molar-refractivity contribution is -0.115. The monoisotopic (exact) mass is 195 g/mol. The second-order valence-corrected chi connectivity index (χ2v) is 2.58. The lowest BCUT2D eigenvalue weighted by Gasteiger charge is -2.02. The Labute approximate surface area is 80.2 Å². The number of carbonyl (C=O) groups is 1. The number of amides is 1. The first-order chi connectivity index (χ1) is 6.24. The molecule has 0 bridgehead atoms. The van der Waals surface area contributed by atoms with Crippen molar-refractivity contribution in [3.63, 3.8) is 0 Å². The van der Waals surface area contributed by atoms with Gasteiger partial charge in [0, 0.05) is 6.20 Å². The Bertz CT molecular complexity index is 359. The highest BCUT2D eigenvalue weighted by Gasteiger charge is 2.04. The maximum absolute atomic E-state index is 10.9. The number of nitrogens with one attached hydrogen (secondary N) is 1. The number of hydrogen-bond acceptors (Lipinski definition) is 3. The molecule has 66 valence electrons. The molecule has 0 spiro atoms. The van der Waals surface area contributed by atoms with Crippen LogP contribution in [-0.4, -0.2) is 10.9 Å². The third-order valence-corrected chi connectivity index (χ3v) is 1.57. The van der Waals surface area contributed by atoms with Crippen LogP contribution >= 0.6 is 11.6 Å². The molecule has 1 heterocycles. The standard InChI is InChI=1S/C8H6ClN3O/c9-8-6(2-1-5-11-8)12-7(13)3-4-10/h1-2,5H,3H2,(H,12,13). The third kappa shape index (κ3) is 2.73. The highest BCUT2D eigenvalue weighted by Crippen LogP contribution is 2.17. The molecule has 0 fully saturated rings. The van der Waals surface area contributed by atoms with Gasteiger partial charge in [-0.25, -0.2) is 4.98 Å². The van der Waals surface area contributed by atoms with Crippen molar-refractivity contribution in [3.05, 3.63) is 23.5 Å². The highest BCUT2D eigenvalue weighted by atomic mass is 35.5. The van der Waals surface area contributed by atoms with E-state index in [2.05, 4.69) is 10.3 Å². The number of hydrogen-bond donors (Lipinski definition) is 1. The van der Waals surface area contributed by atoms with E-state index in [0.29, 0.717) is 5.69 Å². The van der Waals surface area contributed by atoms with E-state index in [-0.39, 0.29) is 11.6 Å². The first-order valence-corrected chi connectivity index (χ1v) is 3.89. The van der Waals surface area contributed by atoms with E-state index in [9.17, 15) is 4.79 Å². The molecule has 1 amide bonds. The summed E-state index contributed by atoms with van der Waals surface area (Å²) in [5, 5.41) is 10.9. The van der Waals surface area contributed by atoms with E-state index in [1.807, 2.05) is 0 Å². The quantitative estimate of drug-likeness (QED) is 0.729. The van der Waals surface area contributed by atoms with E-state index in [4.69, 9.17) is 16.9 Å². The average Bonchev–Trinajstić information content (AvgIpc) is 2.09. The van der Waals surface area contributed by atoms with Crippen molar-refractivity contribution in [2.75, 3.05) is 5.32 Å². The smallest absolute Gasteiger partial charge is 0.238 e. The molecule has 1 rings (SSSR count). The SMILES string of the molecule is N#CCC(=O)Nc1cccnc1Cl. The van der Waals surface area contributed by atoms with Crippen molar-refractivity contribution in [3.8, 4) is 6.07 Å². The van der Waals surface area contributed by atoms with Crippen molar-refractivity contribution in [2.45, 2.75) is 6.42 Å². The lowest BCUT2D eigenvalue weighted by Crippen LogP contribution is -2.10. The number of halogens is 1. The van der Waals surface area contributed by atoms with Gasteiger partial charge in [-0.1, -0.05) is 11.6 Å². The van der Waals surface area contributed by atoms with Crippen LogP contribution in [0, 0.1) is 11.3 Å². The fraction of sp³-hybridized carbons (Fsp3) is 0.125. The number of pyridine rings is 1. The molecule has 1 aromatic rings. The molecule has 0 atom stereocenters. The molecule has 0 aliphatic heterocycles. The molecular formula is C8H6ClN3O. The van der Waals surface area contributed by atoms with Crippen molar-refractivity contribution >= 4 is 23.2 Å². The molecule has 0 aromatic carbocycles. The summed E-state index contributed by atoms with van der Waals surface area (Å²) in [5.74, 6) is -0.391. The molecule has 0 saturated heterocycles. The summed E-state index contributed by atoms with van der Waals surface area (Å²) in [7, 11) is 0. The molecule has 13 heavy (non-hydrogen) atoms. The predicted molar refractivity (Wildman–Crippen MR) is 48.1 cm³/mol. The fourth-order valence-electron chi connectivity index (χ4n) is 0.745. The summed E-state index contributed by atoms with van der Waals surface area (Å²) in [6.45, 7) is 0. The van der Waals surface area contributed by atoms with Gasteiger partial charge in [-0.15, -0.1) is 0 Å². The molecular weight excluding hydrogens is 190 g/mol. The lowest BCUT2D eigenvalue weighted by atomic mass is 10.4. The Morgan fingerprint density at radius 1 is 1.77 bits per heavy atom. The molecule has 5 heteroatoms. The van der Waals surface area contributed by atoms with E-state index in [0.717, 1.165) is 0 Å². The van der Waals surface area contributed by atoms with Crippen LogP contribution in [0.2, 0.25) is 5.15 Å². The molecule has 1 N–H and O–H groups in total. The minimum atomic E-state index is -0.391. The van der Waals surface area contributed by atoms with Crippen molar-refractivity contribution in [1.82, 2.24) is 4.98 Å². The van der Waals surface area contributed by atoms with Crippen LogP contribution in [0.25, 0.3) is 0 Å². The summed E-state index contributed by atoms with van der Waals surface area (Å²) in [4.78, 5) is 14.7. The second kappa shape index (κ2) is 4.43. The van der Waals surface area contributed by atoms with E-state index in [1.165, 1.54) is 6.20 Å². The van der Waals surface area contributed by atoms with Gasteiger partial charge >= 0.3 is 0 Å². The Morgan fingerprint density at radius 3 is 3.15 bits per heavy atom. The zero-order chi connectivity index (χ0) is 9.68. The van der Waals surface area contributed by atoms with Crippen molar-refractivity contribution in [2.24, 2.45) is 0 Å². The second-order valence-electron chi connectivity index (χ2n) is 2.22. The van der Waals surface area contributed by atoms with Crippen molar-refractivity contribution in [1.29, 1.82) is 5.26 Å².